The monoisotopic (exact) mass is 457 g/mol. The van der Waals surface area contributed by atoms with Gasteiger partial charge in [-0.3, -0.25) is 4.79 Å². The molecule has 0 unspecified atom stereocenters. The minimum absolute atomic E-state index is 0. The van der Waals surface area contributed by atoms with Crippen molar-refractivity contribution < 1.29 is 24.5 Å². The molecule has 0 aliphatic carbocycles. The molecule has 1 heterocycles. The van der Waals surface area contributed by atoms with Gasteiger partial charge in [-0.15, -0.1) is 11.3 Å². The average Bonchev–Trinajstić information content (AvgIpc) is 3.20. The topological polar surface area (TPSA) is 49.3 Å². The Labute approximate surface area is 188 Å². The van der Waals surface area contributed by atoms with Crippen molar-refractivity contribution in [2.75, 3.05) is 6.54 Å². The van der Waals surface area contributed by atoms with Crippen LogP contribution in [0.25, 0.3) is 31.7 Å². The lowest BCUT2D eigenvalue weighted by molar-refractivity contribution is -0.137. The number of rotatable bonds is 7. The largest absolute Gasteiger partial charge is 0.481 e. The normalized spacial score (nSPS) is 11.7. The fourth-order valence-electron chi connectivity index (χ4n) is 3.57. The fraction of sp³-hybridized carbons (Fsp3) is 0.160. The van der Waals surface area contributed by atoms with E-state index >= 15 is 0 Å². The lowest BCUT2D eigenvalue weighted by atomic mass is 9.96. The van der Waals surface area contributed by atoms with Gasteiger partial charge in [-0.2, -0.15) is 13.2 Å². The maximum absolute atomic E-state index is 13.8. The molecular weight excluding hydrogens is 435 g/mol. The van der Waals surface area contributed by atoms with E-state index in [1.807, 2.05) is 24.3 Å². The summed E-state index contributed by atoms with van der Waals surface area (Å²) < 4.78 is 42.5. The summed E-state index contributed by atoms with van der Waals surface area (Å²) in [4.78, 5) is 11.4. The summed E-state index contributed by atoms with van der Waals surface area (Å²) in [7, 11) is 0. The van der Waals surface area contributed by atoms with Gasteiger partial charge >= 0.3 is 12.1 Å². The first-order valence-electron chi connectivity index (χ1n) is 10.0. The van der Waals surface area contributed by atoms with Crippen LogP contribution in [0.2, 0.25) is 0 Å². The second-order valence-electron chi connectivity index (χ2n) is 7.43. The molecular formula is C25H22F3NO2S. The predicted octanol–water partition coefficient (Wildman–Crippen LogP) is 7.06. The summed E-state index contributed by atoms with van der Waals surface area (Å²) in [6.07, 6.45) is -4.42. The molecule has 0 radical (unpaired) electrons. The molecule has 166 valence electrons. The number of hydrogen-bond donors (Lipinski definition) is 2. The minimum atomic E-state index is -4.47. The van der Waals surface area contributed by atoms with Gasteiger partial charge in [-0.05, 0) is 51.9 Å². The molecule has 4 rings (SSSR count). The first kappa shape index (κ1) is 22.0. The van der Waals surface area contributed by atoms with Crippen LogP contribution in [0.4, 0.5) is 13.2 Å². The molecule has 32 heavy (non-hydrogen) atoms. The summed E-state index contributed by atoms with van der Waals surface area (Å²) >= 11 is 1.45. The van der Waals surface area contributed by atoms with Gasteiger partial charge in [0.2, 0.25) is 0 Å². The Hall–Kier alpha value is -3.16. The maximum Gasteiger partial charge on any atom is 0.417 e. The third-order valence-electron chi connectivity index (χ3n) is 5.12. The first-order valence-corrected chi connectivity index (χ1v) is 10.8. The summed E-state index contributed by atoms with van der Waals surface area (Å²) in [5.74, 6) is -0.855. The quantitative estimate of drug-likeness (QED) is 0.292. The molecule has 4 aromatic rings. The van der Waals surface area contributed by atoms with Crippen molar-refractivity contribution in [2.45, 2.75) is 19.1 Å². The molecule has 2 N–H and O–H groups in total. The third kappa shape index (κ3) is 5.00. The fourth-order valence-corrected chi connectivity index (χ4v) is 4.61. The molecule has 0 atom stereocenters. The van der Waals surface area contributed by atoms with E-state index < -0.39 is 17.7 Å². The summed E-state index contributed by atoms with van der Waals surface area (Å²) in [6.45, 7) is 0.897. The number of carbonyl (C=O) groups is 1. The van der Waals surface area contributed by atoms with Crippen LogP contribution in [-0.4, -0.2) is 17.6 Å². The Kier molecular flexibility index (Phi) is 6.30. The molecule has 0 aliphatic rings. The van der Waals surface area contributed by atoms with Gasteiger partial charge in [0, 0.05) is 24.1 Å². The Balaban J connectivity index is 0.00000306. The highest BCUT2D eigenvalue weighted by Gasteiger charge is 2.34. The second kappa shape index (κ2) is 9.14. The Bertz CT molecular complexity index is 1260. The number of aliphatic carboxylic acids is 1. The summed E-state index contributed by atoms with van der Waals surface area (Å²) in [5, 5.41) is 12.7. The number of benzene rings is 3. The molecule has 0 aliphatic heterocycles. The van der Waals surface area contributed by atoms with Gasteiger partial charge in [0.05, 0.1) is 12.0 Å². The molecule has 0 bridgehead atoms. The van der Waals surface area contributed by atoms with E-state index in [0.717, 1.165) is 20.5 Å². The number of hydrogen-bond acceptors (Lipinski definition) is 3. The maximum atomic E-state index is 13.8. The molecule has 1 aromatic heterocycles. The van der Waals surface area contributed by atoms with Crippen LogP contribution in [0.15, 0.2) is 72.8 Å². The highest BCUT2D eigenvalue weighted by Crippen LogP contribution is 2.41. The number of nitrogens with one attached hydrogen (secondary N) is 1. The smallest absolute Gasteiger partial charge is 0.417 e. The highest BCUT2D eigenvalue weighted by atomic mass is 32.1. The number of fused-ring (bicyclic) bond motifs is 1. The van der Waals surface area contributed by atoms with Gasteiger partial charge in [-0.1, -0.05) is 48.5 Å². The van der Waals surface area contributed by atoms with Crippen molar-refractivity contribution in [3.63, 3.8) is 0 Å². The minimum Gasteiger partial charge on any atom is -0.481 e. The summed E-state index contributed by atoms with van der Waals surface area (Å²) in [6, 6.07) is 20.8. The van der Waals surface area contributed by atoms with E-state index in [1.54, 1.807) is 36.4 Å². The van der Waals surface area contributed by atoms with Gasteiger partial charge in [0.25, 0.3) is 0 Å². The van der Waals surface area contributed by atoms with E-state index in [4.69, 9.17) is 5.11 Å². The van der Waals surface area contributed by atoms with E-state index in [0.29, 0.717) is 24.2 Å². The van der Waals surface area contributed by atoms with E-state index in [2.05, 4.69) is 5.32 Å². The van der Waals surface area contributed by atoms with Crippen LogP contribution in [0, 0.1) is 0 Å². The molecule has 0 spiro atoms. The van der Waals surface area contributed by atoms with Crippen molar-refractivity contribution in [2.24, 2.45) is 0 Å². The summed E-state index contributed by atoms with van der Waals surface area (Å²) in [5.41, 5.74) is 1.56. The van der Waals surface area contributed by atoms with Gasteiger partial charge in [-0.25, -0.2) is 0 Å². The van der Waals surface area contributed by atoms with Crippen molar-refractivity contribution in [3.8, 4) is 21.6 Å². The third-order valence-corrected chi connectivity index (χ3v) is 6.28. The SMILES string of the molecule is O=C(O)CCNCc1ccc2sc(-c3ccc(-c4ccccc4)c(C(F)(F)F)c3)cc2c1.[HH]. The van der Waals surface area contributed by atoms with Crippen LogP contribution >= 0.6 is 11.3 Å². The van der Waals surface area contributed by atoms with Gasteiger partial charge in [0.1, 0.15) is 0 Å². The number of alkyl halides is 3. The molecule has 3 nitrogen and oxygen atoms in total. The lowest BCUT2D eigenvalue weighted by Gasteiger charge is -2.14. The zero-order valence-electron chi connectivity index (χ0n) is 16.9. The standard InChI is InChI=1S/C25H20F3NO2S.H2/c26-25(27,28)21-13-18(7-8-20(21)17-4-2-1-3-5-17)23-14-19-12-16(6-9-22(19)32-23)15-29-11-10-24(30)31;/h1-9,12-14,29H,10-11,15H2,(H,30,31);1H. The Morgan fingerprint density at radius 2 is 1.75 bits per heavy atom. The predicted molar refractivity (Wildman–Crippen MR) is 124 cm³/mol. The van der Waals surface area contributed by atoms with E-state index in [1.165, 1.54) is 23.5 Å². The molecule has 0 amide bonds. The zero-order chi connectivity index (χ0) is 22.7. The molecule has 3 aromatic carbocycles. The Morgan fingerprint density at radius 1 is 0.969 bits per heavy atom. The van der Waals surface area contributed by atoms with Crippen LogP contribution in [-0.2, 0) is 17.5 Å². The lowest BCUT2D eigenvalue weighted by Crippen LogP contribution is -2.17. The van der Waals surface area contributed by atoms with E-state index in [-0.39, 0.29) is 13.4 Å². The highest BCUT2D eigenvalue weighted by molar-refractivity contribution is 7.22. The second-order valence-corrected chi connectivity index (χ2v) is 8.51. The van der Waals surface area contributed by atoms with Gasteiger partial charge in [0.15, 0.2) is 0 Å². The van der Waals surface area contributed by atoms with E-state index in [9.17, 15) is 18.0 Å². The molecule has 7 heteroatoms. The number of thiophene rings is 1. The molecule has 0 saturated heterocycles. The van der Waals surface area contributed by atoms with Crippen molar-refractivity contribution in [1.82, 2.24) is 5.32 Å². The average molecular weight is 458 g/mol. The van der Waals surface area contributed by atoms with Gasteiger partial charge < -0.3 is 10.4 Å². The van der Waals surface area contributed by atoms with Crippen LogP contribution in [0.3, 0.4) is 0 Å². The van der Waals surface area contributed by atoms with Crippen molar-refractivity contribution in [1.29, 1.82) is 0 Å². The molecule has 0 fully saturated rings. The van der Waals surface area contributed by atoms with Crippen LogP contribution in [0.1, 0.15) is 19.0 Å². The van der Waals surface area contributed by atoms with Crippen molar-refractivity contribution in [3.05, 3.63) is 83.9 Å². The van der Waals surface area contributed by atoms with Crippen LogP contribution < -0.4 is 5.32 Å². The van der Waals surface area contributed by atoms with Crippen molar-refractivity contribution >= 4 is 27.4 Å². The zero-order valence-corrected chi connectivity index (χ0v) is 17.8. The van der Waals surface area contributed by atoms with Crippen LogP contribution in [0.5, 0.6) is 0 Å². The number of carboxylic acid groups (broad SMARTS) is 1. The number of carboxylic acids is 1. The first-order chi connectivity index (χ1) is 15.3. The Morgan fingerprint density at radius 3 is 2.47 bits per heavy atom. The number of halogens is 3. The molecule has 0 saturated carbocycles.